The molecule has 0 saturated heterocycles. The van der Waals surface area contributed by atoms with Crippen LogP contribution in [0.1, 0.15) is 17.4 Å². The molecule has 78 valence electrons. The highest BCUT2D eigenvalue weighted by molar-refractivity contribution is 5.19. The van der Waals surface area contributed by atoms with Crippen LogP contribution < -0.4 is 5.32 Å². The van der Waals surface area contributed by atoms with Gasteiger partial charge < -0.3 is 5.32 Å². The Labute approximate surface area is 88.1 Å². The van der Waals surface area contributed by atoms with Crippen molar-refractivity contribution in [2.45, 2.75) is 6.04 Å². The minimum Gasteiger partial charge on any atom is -0.307 e. The summed E-state index contributed by atoms with van der Waals surface area (Å²) in [5.74, 6) is 0. The van der Waals surface area contributed by atoms with Crippen molar-refractivity contribution in [3.63, 3.8) is 0 Å². The Bertz CT molecular complexity index is 422. The summed E-state index contributed by atoms with van der Waals surface area (Å²) in [5.41, 5.74) is 1.96. The molecule has 0 aliphatic carbocycles. The Hall–Kier alpha value is -1.75. The fraction of sp³-hybridized carbons (Fsp3) is 0.300. The predicted molar refractivity (Wildman–Crippen MR) is 56.1 cm³/mol. The van der Waals surface area contributed by atoms with Crippen LogP contribution >= 0.6 is 0 Å². The van der Waals surface area contributed by atoms with Crippen LogP contribution in [0, 0.1) is 0 Å². The zero-order valence-electron chi connectivity index (χ0n) is 8.75. The van der Waals surface area contributed by atoms with Crippen LogP contribution in [0.5, 0.6) is 0 Å². The molecular formula is C10H13N5. The average Bonchev–Trinajstić information content (AvgIpc) is 2.68. The van der Waals surface area contributed by atoms with Gasteiger partial charge >= 0.3 is 0 Å². The Morgan fingerprint density at radius 3 is 2.80 bits per heavy atom. The highest BCUT2D eigenvalue weighted by Crippen LogP contribution is 2.17. The second-order valence-corrected chi connectivity index (χ2v) is 3.26. The van der Waals surface area contributed by atoms with Crippen LogP contribution in [0.25, 0.3) is 0 Å². The molecule has 0 aliphatic heterocycles. The summed E-state index contributed by atoms with van der Waals surface area (Å²) >= 11 is 0. The molecule has 2 aromatic heterocycles. The Balaban J connectivity index is 2.37. The molecule has 0 fully saturated rings. The van der Waals surface area contributed by atoms with Crippen molar-refractivity contribution in [3.8, 4) is 0 Å². The van der Waals surface area contributed by atoms with Gasteiger partial charge in [-0.25, -0.2) is 0 Å². The van der Waals surface area contributed by atoms with Gasteiger partial charge in [-0.15, -0.1) is 5.10 Å². The largest absolute Gasteiger partial charge is 0.307 e. The molecule has 0 aliphatic rings. The third-order valence-electron chi connectivity index (χ3n) is 2.32. The molecule has 5 heteroatoms. The van der Waals surface area contributed by atoms with Crippen molar-refractivity contribution >= 4 is 0 Å². The van der Waals surface area contributed by atoms with E-state index in [1.165, 1.54) is 0 Å². The first-order valence-electron chi connectivity index (χ1n) is 4.75. The maximum absolute atomic E-state index is 4.32. The second kappa shape index (κ2) is 4.18. The third-order valence-corrected chi connectivity index (χ3v) is 2.32. The monoisotopic (exact) mass is 203 g/mol. The van der Waals surface area contributed by atoms with Crippen molar-refractivity contribution < 1.29 is 0 Å². The van der Waals surface area contributed by atoms with E-state index in [0.29, 0.717) is 0 Å². The number of rotatable bonds is 3. The molecule has 5 nitrogen and oxygen atoms in total. The van der Waals surface area contributed by atoms with Crippen LogP contribution in [0.2, 0.25) is 0 Å². The number of nitrogens with one attached hydrogen (secondary N) is 1. The zero-order chi connectivity index (χ0) is 10.7. The fourth-order valence-electron chi connectivity index (χ4n) is 1.55. The van der Waals surface area contributed by atoms with Crippen molar-refractivity contribution in [1.29, 1.82) is 0 Å². The molecule has 0 aromatic carbocycles. The average molecular weight is 203 g/mol. The molecule has 2 heterocycles. The van der Waals surface area contributed by atoms with Gasteiger partial charge in [0.2, 0.25) is 0 Å². The van der Waals surface area contributed by atoms with Gasteiger partial charge in [-0.05, 0) is 19.2 Å². The first-order valence-corrected chi connectivity index (χ1v) is 4.75. The van der Waals surface area contributed by atoms with Crippen molar-refractivity contribution in [3.05, 3.63) is 42.0 Å². The molecule has 15 heavy (non-hydrogen) atoms. The van der Waals surface area contributed by atoms with E-state index in [0.717, 1.165) is 11.4 Å². The number of aryl methyl sites for hydroxylation is 1. The first-order chi connectivity index (χ1) is 7.33. The zero-order valence-corrected chi connectivity index (χ0v) is 8.75. The topological polar surface area (TPSA) is 55.6 Å². The minimum atomic E-state index is 0.0335. The maximum Gasteiger partial charge on any atom is 0.0935 e. The lowest BCUT2D eigenvalue weighted by atomic mass is 10.1. The van der Waals surface area contributed by atoms with Crippen molar-refractivity contribution in [1.82, 2.24) is 25.3 Å². The number of hydrogen-bond donors (Lipinski definition) is 1. The lowest BCUT2D eigenvalue weighted by molar-refractivity contribution is 0.587. The molecule has 0 spiro atoms. The summed E-state index contributed by atoms with van der Waals surface area (Å²) in [5, 5.41) is 11.0. The van der Waals surface area contributed by atoms with Gasteiger partial charge in [0.25, 0.3) is 0 Å². The van der Waals surface area contributed by atoms with Gasteiger partial charge in [-0.1, -0.05) is 11.3 Å². The molecule has 0 bridgehead atoms. The normalized spacial score (nSPS) is 12.7. The molecule has 0 radical (unpaired) electrons. The van der Waals surface area contributed by atoms with Crippen LogP contribution in [0.3, 0.4) is 0 Å². The highest BCUT2D eigenvalue weighted by atomic mass is 15.4. The lowest BCUT2D eigenvalue weighted by Gasteiger charge is -2.14. The smallest absolute Gasteiger partial charge is 0.0935 e. The molecule has 1 N–H and O–H groups in total. The van der Waals surface area contributed by atoms with E-state index in [2.05, 4.69) is 20.6 Å². The van der Waals surface area contributed by atoms with Gasteiger partial charge in [-0.2, -0.15) is 0 Å². The van der Waals surface area contributed by atoms with Crippen molar-refractivity contribution in [2.75, 3.05) is 7.05 Å². The Morgan fingerprint density at radius 1 is 1.40 bits per heavy atom. The predicted octanol–water partition coefficient (Wildman–Crippen LogP) is 0.519. The third kappa shape index (κ3) is 1.87. The summed E-state index contributed by atoms with van der Waals surface area (Å²) in [4.78, 5) is 4.32. The number of pyridine rings is 1. The minimum absolute atomic E-state index is 0.0335. The van der Waals surface area contributed by atoms with E-state index < -0.39 is 0 Å². The summed E-state index contributed by atoms with van der Waals surface area (Å²) in [6, 6.07) is 5.88. The Morgan fingerprint density at radius 2 is 2.27 bits per heavy atom. The first kappa shape index (κ1) is 9.79. The van der Waals surface area contributed by atoms with E-state index in [4.69, 9.17) is 0 Å². The molecule has 1 unspecified atom stereocenters. The van der Waals surface area contributed by atoms with Gasteiger partial charge in [0.15, 0.2) is 0 Å². The standard InChI is InChI=1S/C10H13N5/c1-11-10(8-5-3-4-6-12-8)9-7-13-14-15(9)2/h3-7,10-11H,1-2H3. The molecule has 2 rings (SSSR count). The number of nitrogens with zero attached hydrogens (tertiary/aromatic N) is 4. The second-order valence-electron chi connectivity index (χ2n) is 3.26. The molecule has 1 atom stereocenters. The van der Waals surface area contributed by atoms with E-state index in [1.807, 2.05) is 32.3 Å². The lowest BCUT2D eigenvalue weighted by Crippen LogP contribution is -2.21. The van der Waals surface area contributed by atoms with Gasteiger partial charge in [0.05, 0.1) is 23.6 Å². The molecule has 0 saturated carbocycles. The van der Waals surface area contributed by atoms with E-state index >= 15 is 0 Å². The van der Waals surface area contributed by atoms with Crippen LogP contribution in [0.4, 0.5) is 0 Å². The highest BCUT2D eigenvalue weighted by Gasteiger charge is 2.16. The van der Waals surface area contributed by atoms with Gasteiger partial charge in [0.1, 0.15) is 0 Å². The van der Waals surface area contributed by atoms with E-state index in [1.54, 1.807) is 17.1 Å². The number of hydrogen-bond acceptors (Lipinski definition) is 4. The molecular weight excluding hydrogens is 190 g/mol. The van der Waals surface area contributed by atoms with E-state index in [-0.39, 0.29) is 6.04 Å². The fourth-order valence-corrected chi connectivity index (χ4v) is 1.55. The Kier molecular flexibility index (Phi) is 2.73. The SMILES string of the molecule is CNC(c1ccccn1)c1cnnn1C. The van der Waals surface area contributed by atoms with Crippen LogP contribution in [0.15, 0.2) is 30.6 Å². The molecule has 2 aromatic rings. The summed E-state index contributed by atoms with van der Waals surface area (Å²) in [6.45, 7) is 0. The van der Waals surface area contributed by atoms with E-state index in [9.17, 15) is 0 Å². The van der Waals surface area contributed by atoms with Gasteiger partial charge in [0, 0.05) is 13.2 Å². The molecule has 0 amide bonds. The quantitative estimate of drug-likeness (QED) is 0.790. The van der Waals surface area contributed by atoms with Crippen LogP contribution in [-0.2, 0) is 7.05 Å². The van der Waals surface area contributed by atoms with Crippen molar-refractivity contribution in [2.24, 2.45) is 7.05 Å². The number of aromatic nitrogens is 4. The summed E-state index contributed by atoms with van der Waals surface area (Å²) in [7, 11) is 3.77. The maximum atomic E-state index is 4.32. The van der Waals surface area contributed by atoms with Crippen LogP contribution in [-0.4, -0.2) is 27.0 Å². The summed E-state index contributed by atoms with van der Waals surface area (Å²) < 4.78 is 1.75. The van der Waals surface area contributed by atoms with Gasteiger partial charge in [-0.3, -0.25) is 9.67 Å². The summed E-state index contributed by atoms with van der Waals surface area (Å²) in [6.07, 6.45) is 3.53.